The molecule has 4 aromatic carbocycles. The van der Waals surface area contributed by atoms with E-state index in [0.29, 0.717) is 11.3 Å². The van der Waals surface area contributed by atoms with Gasteiger partial charge in [-0.3, -0.25) is 9.59 Å². The lowest BCUT2D eigenvalue weighted by Gasteiger charge is -2.29. The quantitative estimate of drug-likeness (QED) is 0.328. The summed E-state index contributed by atoms with van der Waals surface area (Å²) in [5.74, 6) is -0.538. The maximum Gasteiger partial charge on any atom is 0.254 e. The average molecular weight is 479 g/mol. The maximum absolute atomic E-state index is 13.5. The number of rotatable bonds is 6. The third-order valence-corrected chi connectivity index (χ3v) is 6.91. The molecule has 0 bridgehead atoms. The van der Waals surface area contributed by atoms with Crippen molar-refractivity contribution in [3.63, 3.8) is 0 Å². The fourth-order valence-corrected chi connectivity index (χ4v) is 4.80. The van der Waals surface area contributed by atoms with Gasteiger partial charge in [0.1, 0.15) is 5.82 Å². The molecule has 36 heavy (non-hydrogen) atoms. The molecule has 1 saturated carbocycles. The van der Waals surface area contributed by atoms with Crippen LogP contribution < -0.4 is 5.32 Å². The fraction of sp³-hybridized carbons (Fsp3) is 0.161. The van der Waals surface area contributed by atoms with Gasteiger partial charge in [0.05, 0.1) is 5.54 Å². The number of halogens is 1. The van der Waals surface area contributed by atoms with Crippen LogP contribution in [0, 0.1) is 5.82 Å². The van der Waals surface area contributed by atoms with Gasteiger partial charge in [0.2, 0.25) is 5.91 Å². The Balaban J connectivity index is 1.48. The van der Waals surface area contributed by atoms with Gasteiger partial charge in [-0.15, -0.1) is 0 Å². The first-order chi connectivity index (χ1) is 17.4. The van der Waals surface area contributed by atoms with E-state index in [1.54, 1.807) is 12.1 Å². The first-order valence-electron chi connectivity index (χ1n) is 12.0. The van der Waals surface area contributed by atoms with E-state index in [1.807, 2.05) is 72.6 Å². The van der Waals surface area contributed by atoms with Gasteiger partial charge >= 0.3 is 0 Å². The number of nitrogens with one attached hydrogen (secondary N) is 1. The van der Waals surface area contributed by atoms with Crippen molar-refractivity contribution in [3.8, 4) is 22.3 Å². The highest BCUT2D eigenvalue weighted by Crippen LogP contribution is 2.50. The Kier molecular flexibility index (Phi) is 6.15. The zero-order valence-corrected chi connectivity index (χ0v) is 20.3. The molecule has 0 saturated heterocycles. The molecule has 1 N–H and O–H groups in total. The van der Waals surface area contributed by atoms with Crippen LogP contribution in [0.4, 0.5) is 10.1 Å². The summed E-state index contributed by atoms with van der Waals surface area (Å²) in [6.45, 7) is 1.46. The van der Waals surface area contributed by atoms with E-state index in [0.717, 1.165) is 40.7 Å². The van der Waals surface area contributed by atoms with Crippen LogP contribution in [0.3, 0.4) is 0 Å². The first-order valence-corrected chi connectivity index (χ1v) is 12.0. The predicted molar refractivity (Wildman–Crippen MR) is 141 cm³/mol. The lowest BCUT2D eigenvalue weighted by atomic mass is 9.96. The molecule has 180 valence electrons. The van der Waals surface area contributed by atoms with Crippen LogP contribution in [-0.2, 0) is 10.3 Å². The number of nitrogens with zero attached hydrogens (tertiary/aromatic N) is 1. The summed E-state index contributed by atoms with van der Waals surface area (Å²) in [5, 5.41) is 2.91. The standard InChI is InChI=1S/C31H27FN2O2/c1-21(35)33-29-20-23(22-11-14-27(32)15-12-22)13-16-28(29)24-7-6-8-25(19-24)30(36)34(2)31(17-18-31)26-9-4-3-5-10-26/h3-16,19-20H,17-18H2,1-2H3,(H,33,35). The van der Waals surface area contributed by atoms with Gasteiger partial charge < -0.3 is 10.2 Å². The molecule has 0 spiro atoms. The summed E-state index contributed by atoms with van der Waals surface area (Å²) in [5.41, 5.74) is 5.45. The van der Waals surface area contributed by atoms with Crippen molar-refractivity contribution in [3.05, 3.63) is 114 Å². The minimum atomic E-state index is -0.302. The summed E-state index contributed by atoms with van der Waals surface area (Å²) in [6.07, 6.45) is 1.88. The molecule has 5 rings (SSSR count). The molecule has 1 fully saturated rings. The summed E-state index contributed by atoms with van der Waals surface area (Å²) in [4.78, 5) is 27.4. The van der Waals surface area contributed by atoms with E-state index in [9.17, 15) is 14.0 Å². The number of amides is 2. The summed E-state index contributed by atoms with van der Waals surface area (Å²) >= 11 is 0. The number of carbonyl (C=O) groups is 2. The minimum Gasteiger partial charge on any atom is -0.332 e. The van der Waals surface area contributed by atoms with Crippen molar-refractivity contribution in [1.82, 2.24) is 4.90 Å². The van der Waals surface area contributed by atoms with Gasteiger partial charge in [0, 0.05) is 30.8 Å². The number of anilines is 1. The highest BCUT2D eigenvalue weighted by atomic mass is 19.1. The highest BCUT2D eigenvalue weighted by molar-refractivity contribution is 5.99. The van der Waals surface area contributed by atoms with Crippen LogP contribution in [0.5, 0.6) is 0 Å². The molecule has 0 unspecified atom stereocenters. The molecule has 1 aliphatic carbocycles. The van der Waals surface area contributed by atoms with Crippen molar-refractivity contribution in [1.29, 1.82) is 0 Å². The van der Waals surface area contributed by atoms with E-state index in [-0.39, 0.29) is 23.2 Å². The third kappa shape index (κ3) is 4.52. The second-order valence-corrected chi connectivity index (χ2v) is 9.29. The Morgan fingerprint density at radius 3 is 2.17 bits per heavy atom. The zero-order chi connectivity index (χ0) is 25.3. The molecule has 2 amide bonds. The third-order valence-electron chi connectivity index (χ3n) is 6.91. The molecular weight excluding hydrogens is 451 g/mol. The average Bonchev–Trinajstić information content (AvgIpc) is 3.71. The van der Waals surface area contributed by atoms with Crippen molar-refractivity contribution in [2.45, 2.75) is 25.3 Å². The van der Waals surface area contributed by atoms with Gasteiger partial charge in [0.25, 0.3) is 5.91 Å². The lowest BCUT2D eigenvalue weighted by molar-refractivity contribution is -0.114. The Morgan fingerprint density at radius 1 is 0.806 bits per heavy atom. The second-order valence-electron chi connectivity index (χ2n) is 9.29. The van der Waals surface area contributed by atoms with Crippen LogP contribution in [0.25, 0.3) is 22.3 Å². The topological polar surface area (TPSA) is 49.4 Å². The first kappa shape index (κ1) is 23.5. The van der Waals surface area contributed by atoms with Crippen LogP contribution in [0.2, 0.25) is 0 Å². The number of benzene rings is 4. The minimum absolute atomic E-state index is 0.0396. The van der Waals surface area contributed by atoms with Crippen molar-refractivity contribution in [2.24, 2.45) is 0 Å². The molecule has 5 heteroatoms. The predicted octanol–water partition coefficient (Wildman–Crippen LogP) is 6.88. The van der Waals surface area contributed by atoms with E-state index < -0.39 is 0 Å². The van der Waals surface area contributed by atoms with Crippen molar-refractivity contribution in [2.75, 3.05) is 12.4 Å². The largest absolute Gasteiger partial charge is 0.332 e. The van der Waals surface area contributed by atoms with Crippen LogP contribution in [-0.4, -0.2) is 23.8 Å². The molecule has 0 aromatic heterocycles. The summed E-state index contributed by atoms with van der Waals surface area (Å²) < 4.78 is 13.4. The molecule has 0 aliphatic heterocycles. The molecular formula is C31H27FN2O2. The van der Waals surface area contributed by atoms with Gasteiger partial charge in [0.15, 0.2) is 0 Å². The molecule has 0 heterocycles. The van der Waals surface area contributed by atoms with Crippen molar-refractivity contribution < 1.29 is 14.0 Å². The van der Waals surface area contributed by atoms with E-state index in [4.69, 9.17) is 0 Å². The number of carbonyl (C=O) groups excluding carboxylic acids is 2. The molecule has 0 atom stereocenters. The summed E-state index contributed by atoms with van der Waals surface area (Å²) in [6, 6.07) is 29.6. The van der Waals surface area contributed by atoms with E-state index in [1.165, 1.54) is 19.1 Å². The van der Waals surface area contributed by atoms with Gasteiger partial charge in [-0.25, -0.2) is 4.39 Å². The molecule has 4 aromatic rings. The van der Waals surface area contributed by atoms with Crippen LogP contribution in [0.1, 0.15) is 35.7 Å². The van der Waals surface area contributed by atoms with E-state index >= 15 is 0 Å². The number of hydrogen-bond acceptors (Lipinski definition) is 2. The fourth-order valence-electron chi connectivity index (χ4n) is 4.80. The second kappa shape index (κ2) is 9.42. The Hall–Kier alpha value is -4.25. The monoisotopic (exact) mass is 478 g/mol. The number of hydrogen-bond donors (Lipinski definition) is 1. The maximum atomic E-state index is 13.5. The molecule has 4 nitrogen and oxygen atoms in total. The Labute approximate surface area is 210 Å². The SMILES string of the molecule is CC(=O)Nc1cc(-c2ccc(F)cc2)ccc1-c1cccc(C(=O)N(C)C2(c3ccccc3)CC2)c1. The Morgan fingerprint density at radius 2 is 1.50 bits per heavy atom. The Bertz CT molecular complexity index is 1430. The van der Waals surface area contributed by atoms with Crippen LogP contribution >= 0.6 is 0 Å². The molecule has 0 radical (unpaired) electrons. The normalized spacial score (nSPS) is 13.6. The van der Waals surface area contributed by atoms with E-state index in [2.05, 4.69) is 17.4 Å². The van der Waals surface area contributed by atoms with Gasteiger partial charge in [-0.05, 0) is 65.4 Å². The van der Waals surface area contributed by atoms with Gasteiger partial charge in [-0.1, -0.05) is 66.7 Å². The van der Waals surface area contributed by atoms with Crippen LogP contribution in [0.15, 0.2) is 97.1 Å². The van der Waals surface area contributed by atoms with Crippen molar-refractivity contribution >= 4 is 17.5 Å². The molecule has 1 aliphatic rings. The summed E-state index contributed by atoms with van der Waals surface area (Å²) in [7, 11) is 1.87. The zero-order valence-electron chi connectivity index (χ0n) is 20.3. The van der Waals surface area contributed by atoms with Gasteiger partial charge in [-0.2, -0.15) is 0 Å². The highest BCUT2D eigenvalue weighted by Gasteiger charge is 2.49. The lowest BCUT2D eigenvalue weighted by Crippen LogP contribution is -2.37. The smallest absolute Gasteiger partial charge is 0.254 e.